The van der Waals surface area contributed by atoms with Crippen molar-refractivity contribution in [3.63, 3.8) is 0 Å². The quantitative estimate of drug-likeness (QED) is 0.269. The summed E-state index contributed by atoms with van der Waals surface area (Å²) in [6.45, 7) is 7.54. The zero-order valence-electron chi connectivity index (χ0n) is 20.6. The minimum Gasteiger partial charge on any atom is -0.481 e. The summed E-state index contributed by atoms with van der Waals surface area (Å²) in [5.74, 6) is -0.113. The maximum absolute atomic E-state index is 12.6. The van der Waals surface area contributed by atoms with Crippen LogP contribution in [0, 0.1) is 13.8 Å². The summed E-state index contributed by atoms with van der Waals surface area (Å²) in [6.07, 6.45) is 0.666. The van der Waals surface area contributed by atoms with Crippen LogP contribution in [0.2, 0.25) is 0 Å². The van der Waals surface area contributed by atoms with Gasteiger partial charge in [-0.3, -0.25) is 10.1 Å². The van der Waals surface area contributed by atoms with Crippen LogP contribution in [0.3, 0.4) is 0 Å². The molecule has 1 amide bonds. The Morgan fingerprint density at radius 1 is 0.973 bits per heavy atom. The number of carboxylic acid groups (broad SMARTS) is 1. The highest BCUT2D eigenvalue weighted by molar-refractivity contribution is 5.93. The predicted octanol–water partition coefficient (Wildman–Crippen LogP) is 6.96. The van der Waals surface area contributed by atoms with Crippen LogP contribution in [0.4, 0.5) is 10.5 Å². The van der Waals surface area contributed by atoms with E-state index in [2.05, 4.69) is 17.1 Å². The van der Waals surface area contributed by atoms with Gasteiger partial charge >= 0.3 is 12.1 Å². The van der Waals surface area contributed by atoms with E-state index in [0.29, 0.717) is 30.0 Å². The average molecular weight is 495 g/mol. The Kier molecular flexibility index (Phi) is 6.13. The lowest BCUT2D eigenvalue weighted by atomic mass is 9.93. The summed E-state index contributed by atoms with van der Waals surface area (Å²) in [4.78, 5) is 24.2. The van der Waals surface area contributed by atoms with Gasteiger partial charge in [0, 0.05) is 11.1 Å². The number of carbonyl (C=O) groups excluding carboxylic acids is 1. The maximum atomic E-state index is 12.6. The number of carboxylic acids is 1. The second kappa shape index (κ2) is 9.43. The highest BCUT2D eigenvalue weighted by Gasteiger charge is 2.51. The predicted molar refractivity (Wildman–Crippen MR) is 141 cm³/mol. The molecule has 3 aromatic carbocycles. The van der Waals surface area contributed by atoms with E-state index in [1.165, 1.54) is 0 Å². The fourth-order valence-corrected chi connectivity index (χ4v) is 4.38. The van der Waals surface area contributed by atoms with Gasteiger partial charge in [0.15, 0.2) is 5.76 Å². The molecule has 1 fully saturated rings. The Morgan fingerprint density at radius 3 is 2.19 bits per heavy atom. The first-order chi connectivity index (χ1) is 17.8. The molecule has 2 N–H and O–H groups in total. The van der Waals surface area contributed by atoms with Crippen LogP contribution in [0.5, 0.6) is 0 Å². The number of nitrogens with zero attached hydrogens (tertiary/aromatic N) is 1. The van der Waals surface area contributed by atoms with Crippen molar-refractivity contribution in [2.24, 2.45) is 0 Å². The lowest BCUT2D eigenvalue weighted by Crippen LogP contribution is -2.19. The summed E-state index contributed by atoms with van der Waals surface area (Å²) in [5, 5.41) is 16.3. The molecule has 0 unspecified atom stereocenters. The fourth-order valence-electron chi connectivity index (χ4n) is 4.38. The Morgan fingerprint density at radius 2 is 1.59 bits per heavy atom. The van der Waals surface area contributed by atoms with Crippen LogP contribution in [0.1, 0.15) is 35.2 Å². The van der Waals surface area contributed by atoms with Gasteiger partial charge in [-0.25, -0.2) is 4.79 Å². The topological polar surface area (TPSA) is 102 Å². The Labute approximate surface area is 214 Å². The van der Waals surface area contributed by atoms with Crippen LogP contribution in [-0.2, 0) is 14.9 Å². The number of hydrogen-bond donors (Lipinski definition) is 2. The van der Waals surface area contributed by atoms with E-state index < -0.39 is 17.5 Å². The standard InChI is InChI=1S/C30H26N2O5/c1-18-5-4-6-24(17-18)20(3)36-29(35)31-26-19(2)32-37-27(26)23-9-7-21(8-10-23)22-11-13-25(14-12-22)30(15-16-30)28(33)34/h4-14,17H,3,15-16H2,1-2H3,(H,31,35)(H,33,34). The molecule has 0 spiro atoms. The third-order valence-electron chi connectivity index (χ3n) is 6.72. The average Bonchev–Trinajstić information content (AvgIpc) is 3.64. The molecule has 1 heterocycles. The van der Waals surface area contributed by atoms with E-state index >= 15 is 0 Å². The van der Waals surface area contributed by atoms with Gasteiger partial charge in [-0.1, -0.05) is 84.0 Å². The summed E-state index contributed by atoms with van der Waals surface area (Å²) >= 11 is 0. The summed E-state index contributed by atoms with van der Waals surface area (Å²) in [7, 11) is 0. The van der Waals surface area contributed by atoms with Gasteiger partial charge in [-0.15, -0.1) is 0 Å². The number of nitrogens with one attached hydrogen (secondary N) is 1. The van der Waals surface area contributed by atoms with Crippen molar-refractivity contribution in [3.05, 3.63) is 102 Å². The van der Waals surface area contributed by atoms with Gasteiger partial charge < -0.3 is 14.4 Å². The van der Waals surface area contributed by atoms with Gasteiger partial charge in [-0.05, 0) is 49.4 Å². The largest absolute Gasteiger partial charge is 0.481 e. The zero-order chi connectivity index (χ0) is 26.2. The number of hydrogen-bond acceptors (Lipinski definition) is 5. The van der Waals surface area contributed by atoms with Crippen LogP contribution < -0.4 is 5.32 Å². The summed E-state index contributed by atoms with van der Waals surface area (Å²) in [6, 6.07) is 22.8. The van der Waals surface area contributed by atoms with Crippen molar-refractivity contribution in [1.29, 1.82) is 0 Å². The normalized spacial score (nSPS) is 13.6. The zero-order valence-corrected chi connectivity index (χ0v) is 20.6. The minimum absolute atomic E-state index is 0.239. The molecular weight excluding hydrogens is 468 g/mol. The molecule has 1 aliphatic rings. The van der Waals surface area contributed by atoms with Crippen LogP contribution in [-0.4, -0.2) is 22.3 Å². The molecule has 5 rings (SSSR count). The molecule has 1 aromatic heterocycles. The molecule has 1 saturated carbocycles. The molecule has 4 aromatic rings. The number of aromatic nitrogens is 1. The minimum atomic E-state index is -0.764. The smallest absolute Gasteiger partial charge is 0.417 e. The molecule has 1 aliphatic carbocycles. The first-order valence-electron chi connectivity index (χ1n) is 11.9. The van der Waals surface area contributed by atoms with E-state index in [9.17, 15) is 14.7 Å². The molecule has 0 radical (unpaired) electrons. The monoisotopic (exact) mass is 494 g/mol. The molecule has 7 heteroatoms. The second-order valence-corrected chi connectivity index (χ2v) is 9.32. The first-order valence-corrected chi connectivity index (χ1v) is 11.9. The third kappa shape index (κ3) is 4.76. The number of ether oxygens (including phenoxy) is 1. The number of anilines is 1. The van der Waals surface area contributed by atoms with E-state index in [1.807, 2.05) is 79.7 Å². The second-order valence-electron chi connectivity index (χ2n) is 9.32. The fraction of sp³-hybridized carbons (Fsp3) is 0.167. The van der Waals surface area contributed by atoms with Crippen molar-refractivity contribution in [2.45, 2.75) is 32.1 Å². The van der Waals surface area contributed by atoms with Crippen LogP contribution in [0.15, 0.2) is 83.9 Å². The lowest BCUT2D eigenvalue weighted by molar-refractivity contribution is -0.140. The van der Waals surface area contributed by atoms with E-state index in [-0.39, 0.29) is 5.76 Å². The van der Waals surface area contributed by atoms with Crippen molar-refractivity contribution < 1.29 is 24.0 Å². The summed E-state index contributed by atoms with van der Waals surface area (Å²) in [5.41, 5.74) is 5.48. The first kappa shape index (κ1) is 24.1. The molecule has 0 atom stereocenters. The van der Waals surface area contributed by atoms with Gasteiger partial charge in [0.1, 0.15) is 17.1 Å². The van der Waals surface area contributed by atoms with Gasteiger partial charge in [0.05, 0.1) is 5.41 Å². The highest BCUT2D eigenvalue weighted by atomic mass is 16.6. The lowest BCUT2D eigenvalue weighted by Gasteiger charge is -2.11. The van der Waals surface area contributed by atoms with Gasteiger partial charge in [0.2, 0.25) is 0 Å². The van der Waals surface area contributed by atoms with Crippen molar-refractivity contribution in [1.82, 2.24) is 5.16 Å². The number of benzene rings is 3. The molecule has 0 aliphatic heterocycles. The van der Waals surface area contributed by atoms with E-state index in [0.717, 1.165) is 33.4 Å². The molecule has 0 bridgehead atoms. The highest BCUT2D eigenvalue weighted by Crippen LogP contribution is 2.48. The molecule has 0 saturated heterocycles. The Balaban J connectivity index is 1.30. The third-order valence-corrected chi connectivity index (χ3v) is 6.72. The van der Waals surface area contributed by atoms with Crippen LogP contribution in [0.25, 0.3) is 28.2 Å². The number of carbonyl (C=O) groups is 2. The van der Waals surface area contributed by atoms with Crippen molar-refractivity contribution in [3.8, 4) is 22.5 Å². The van der Waals surface area contributed by atoms with Crippen LogP contribution >= 0.6 is 0 Å². The number of aliphatic carboxylic acids is 1. The van der Waals surface area contributed by atoms with Gasteiger partial charge in [-0.2, -0.15) is 0 Å². The van der Waals surface area contributed by atoms with Crippen molar-refractivity contribution in [2.75, 3.05) is 5.32 Å². The number of rotatable bonds is 7. The number of aryl methyl sites for hydroxylation is 2. The molecule has 186 valence electrons. The van der Waals surface area contributed by atoms with E-state index in [1.54, 1.807) is 6.92 Å². The maximum Gasteiger partial charge on any atom is 0.417 e. The molecule has 37 heavy (non-hydrogen) atoms. The Hall–Kier alpha value is -4.65. The number of amides is 1. The van der Waals surface area contributed by atoms with E-state index in [4.69, 9.17) is 9.26 Å². The van der Waals surface area contributed by atoms with Gasteiger partial charge in [0.25, 0.3) is 0 Å². The SMILES string of the molecule is C=C(OC(=O)Nc1c(C)noc1-c1ccc(-c2ccc(C3(C(=O)O)CC3)cc2)cc1)c1cccc(C)c1. The van der Waals surface area contributed by atoms with Crippen molar-refractivity contribution >= 4 is 23.5 Å². The summed E-state index contributed by atoms with van der Waals surface area (Å²) < 4.78 is 10.9. The Bertz CT molecular complexity index is 1500. The molecule has 7 nitrogen and oxygen atoms in total. The molecular formula is C30H26N2O5.